The van der Waals surface area contributed by atoms with Gasteiger partial charge in [0.05, 0.1) is 6.04 Å². The Labute approximate surface area is 115 Å². The van der Waals surface area contributed by atoms with E-state index in [0.29, 0.717) is 6.54 Å². The predicted octanol–water partition coefficient (Wildman–Crippen LogP) is 0.612. The molecule has 0 aliphatic carbocycles. The fourth-order valence-corrected chi connectivity index (χ4v) is 2.65. The van der Waals surface area contributed by atoms with E-state index in [1.54, 1.807) is 11.8 Å². The van der Waals surface area contributed by atoms with E-state index in [-0.39, 0.29) is 11.9 Å². The number of fused-ring (bicyclic) bond motifs is 2. The van der Waals surface area contributed by atoms with Gasteiger partial charge in [0.25, 0.3) is 5.91 Å². The van der Waals surface area contributed by atoms with E-state index in [0.717, 1.165) is 5.56 Å². The molecule has 106 valence electrons. The highest BCUT2D eigenvalue weighted by atomic mass is 16.7. The van der Waals surface area contributed by atoms with Crippen LogP contribution < -0.4 is 0 Å². The van der Waals surface area contributed by atoms with Crippen LogP contribution >= 0.6 is 0 Å². The largest absolute Gasteiger partial charge is 0.479 e. The molecule has 20 heavy (non-hydrogen) atoms. The summed E-state index contributed by atoms with van der Waals surface area (Å²) in [6, 6.07) is 9.20. The molecule has 0 saturated carbocycles. The Kier molecular flexibility index (Phi) is 3.19. The smallest absolute Gasteiger partial charge is 0.335 e. The van der Waals surface area contributed by atoms with Crippen molar-refractivity contribution in [3.63, 3.8) is 0 Å². The summed E-state index contributed by atoms with van der Waals surface area (Å²) in [5.41, 5.74) is 0.987. The van der Waals surface area contributed by atoms with Crippen molar-refractivity contribution in [2.45, 2.75) is 38.0 Å². The normalized spacial score (nSPS) is 32.5. The van der Waals surface area contributed by atoms with Crippen LogP contribution in [-0.2, 0) is 25.6 Å². The molecular formula is C14H15NO5. The van der Waals surface area contributed by atoms with Gasteiger partial charge in [-0.2, -0.15) is 0 Å². The first-order valence-corrected chi connectivity index (χ1v) is 6.46. The van der Waals surface area contributed by atoms with Crippen LogP contribution in [-0.4, -0.2) is 46.4 Å². The van der Waals surface area contributed by atoms with Crippen LogP contribution in [0.5, 0.6) is 0 Å². The van der Waals surface area contributed by atoms with Crippen molar-refractivity contribution in [1.82, 2.24) is 4.90 Å². The minimum atomic E-state index is -1.10. The second-order valence-corrected chi connectivity index (χ2v) is 5.02. The van der Waals surface area contributed by atoms with Crippen LogP contribution in [0.25, 0.3) is 0 Å². The van der Waals surface area contributed by atoms with Crippen molar-refractivity contribution in [2.75, 3.05) is 0 Å². The van der Waals surface area contributed by atoms with Gasteiger partial charge in [0, 0.05) is 6.54 Å². The van der Waals surface area contributed by atoms with E-state index in [1.807, 2.05) is 30.3 Å². The summed E-state index contributed by atoms with van der Waals surface area (Å²) in [7, 11) is 0. The molecule has 6 nitrogen and oxygen atoms in total. The van der Waals surface area contributed by atoms with E-state index in [4.69, 9.17) is 14.6 Å². The number of hydrogen-bond acceptors (Lipinski definition) is 4. The number of nitrogens with zero attached hydrogens (tertiary/aromatic N) is 1. The Morgan fingerprint density at radius 2 is 2.00 bits per heavy atom. The van der Waals surface area contributed by atoms with Crippen molar-refractivity contribution < 1.29 is 24.2 Å². The Balaban J connectivity index is 1.83. The van der Waals surface area contributed by atoms with Crippen LogP contribution in [0.4, 0.5) is 0 Å². The highest BCUT2D eigenvalue weighted by Gasteiger charge is 2.54. The zero-order valence-corrected chi connectivity index (χ0v) is 10.9. The SMILES string of the molecule is C[C@@H]1[C@@H]2O[C@H](O[C@H]2C(=O)O)C(=O)N1Cc1ccccc1. The van der Waals surface area contributed by atoms with Crippen molar-refractivity contribution in [3.05, 3.63) is 35.9 Å². The van der Waals surface area contributed by atoms with E-state index < -0.39 is 24.5 Å². The van der Waals surface area contributed by atoms with E-state index in [2.05, 4.69) is 0 Å². The quantitative estimate of drug-likeness (QED) is 0.876. The second-order valence-electron chi connectivity index (χ2n) is 5.02. The Bertz CT molecular complexity index is 532. The summed E-state index contributed by atoms with van der Waals surface area (Å²) in [6.07, 6.45) is -2.81. The molecule has 2 bridgehead atoms. The van der Waals surface area contributed by atoms with Crippen LogP contribution in [0, 0.1) is 0 Å². The predicted molar refractivity (Wildman–Crippen MR) is 67.6 cm³/mol. The number of carboxylic acid groups (broad SMARTS) is 1. The third-order valence-electron chi connectivity index (χ3n) is 3.74. The molecule has 1 amide bonds. The molecule has 0 radical (unpaired) electrons. The molecule has 1 N–H and O–H groups in total. The van der Waals surface area contributed by atoms with Gasteiger partial charge in [-0.1, -0.05) is 30.3 Å². The van der Waals surface area contributed by atoms with Gasteiger partial charge in [-0.15, -0.1) is 0 Å². The molecule has 1 aromatic rings. The van der Waals surface area contributed by atoms with Gasteiger partial charge in [0.2, 0.25) is 6.29 Å². The lowest BCUT2D eigenvalue weighted by Crippen LogP contribution is -2.54. The summed E-state index contributed by atoms with van der Waals surface area (Å²) in [5, 5.41) is 9.11. The van der Waals surface area contributed by atoms with Crippen LogP contribution in [0.15, 0.2) is 30.3 Å². The molecule has 2 aliphatic rings. The van der Waals surface area contributed by atoms with Gasteiger partial charge in [0.15, 0.2) is 6.10 Å². The number of amides is 1. The first-order chi connectivity index (χ1) is 9.58. The molecule has 2 heterocycles. The summed E-state index contributed by atoms with van der Waals surface area (Å²) in [4.78, 5) is 25.0. The van der Waals surface area contributed by atoms with Crippen molar-refractivity contribution >= 4 is 11.9 Å². The van der Waals surface area contributed by atoms with Gasteiger partial charge >= 0.3 is 5.97 Å². The Morgan fingerprint density at radius 3 is 2.65 bits per heavy atom. The zero-order valence-electron chi connectivity index (χ0n) is 10.9. The molecule has 0 unspecified atom stereocenters. The highest BCUT2D eigenvalue weighted by Crippen LogP contribution is 2.32. The molecule has 4 atom stereocenters. The summed E-state index contributed by atoms with van der Waals surface area (Å²) >= 11 is 0. The third kappa shape index (κ3) is 2.07. The van der Waals surface area contributed by atoms with Gasteiger partial charge < -0.3 is 19.5 Å². The molecule has 1 aromatic carbocycles. The van der Waals surface area contributed by atoms with Crippen LogP contribution in [0.3, 0.4) is 0 Å². The average Bonchev–Trinajstić information content (AvgIpc) is 2.85. The number of hydrogen-bond donors (Lipinski definition) is 1. The number of aliphatic carboxylic acids is 1. The number of ether oxygens (including phenoxy) is 2. The van der Waals surface area contributed by atoms with Gasteiger partial charge in [-0.25, -0.2) is 4.79 Å². The monoisotopic (exact) mass is 277 g/mol. The number of carbonyl (C=O) groups is 2. The topological polar surface area (TPSA) is 76.1 Å². The number of carboxylic acids is 1. The van der Waals surface area contributed by atoms with Crippen molar-refractivity contribution in [1.29, 1.82) is 0 Å². The number of benzene rings is 1. The minimum Gasteiger partial charge on any atom is -0.479 e. The molecule has 2 aliphatic heterocycles. The number of carbonyl (C=O) groups excluding carboxylic acids is 1. The maximum atomic E-state index is 12.2. The first kappa shape index (κ1) is 13.1. The standard InChI is InChI=1S/C14H15NO5/c1-8-10-11(13(17)18)20-14(19-10)12(16)15(8)7-9-5-3-2-4-6-9/h2-6,8,10-11,14H,7H2,1H3,(H,17,18)/t8-,10+,11-,14-/m1/s1. The molecule has 2 fully saturated rings. The van der Waals surface area contributed by atoms with E-state index >= 15 is 0 Å². The first-order valence-electron chi connectivity index (χ1n) is 6.46. The van der Waals surface area contributed by atoms with Crippen molar-refractivity contribution in [2.24, 2.45) is 0 Å². The van der Waals surface area contributed by atoms with Crippen LogP contribution in [0.2, 0.25) is 0 Å². The second kappa shape index (κ2) is 4.88. The highest BCUT2D eigenvalue weighted by molar-refractivity contribution is 5.83. The molecule has 0 aromatic heterocycles. The molecule has 0 spiro atoms. The fourth-order valence-electron chi connectivity index (χ4n) is 2.65. The Morgan fingerprint density at radius 1 is 1.30 bits per heavy atom. The maximum absolute atomic E-state index is 12.2. The van der Waals surface area contributed by atoms with E-state index in [9.17, 15) is 9.59 Å². The lowest BCUT2D eigenvalue weighted by atomic mass is 10.0. The molecule has 2 saturated heterocycles. The summed E-state index contributed by atoms with van der Waals surface area (Å²) < 4.78 is 10.6. The average molecular weight is 277 g/mol. The summed E-state index contributed by atoms with van der Waals surface area (Å²) in [5.74, 6) is -1.42. The molecule has 3 rings (SSSR count). The van der Waals surface area contributed by atoms with Gasteiger partial charge in [0.1, 0.15) is 6.10 Å². The number of morpholine rings is 1. The molecule has 6 heteroatoms. The minimum absolute atomic E-state index is 0.318. The van der Waals surface area contributed by atoms with Gasteiger partial charge in [-0.3, -0.25) is 4.79 Å². The lowest BCUT2D eigenvalue weighted by Gasteiger charge is -2.36. The fraction of sp³-hybridized carbons (Fsp3) is 0.429. The molecular weight excluding hydrogens is 262 g/mol. The van der Waals surface area contributed by atoms with E-state index in [1.165, 1.54) is 0 Å². The summed E-state index contributed by atoms with van der Waals surface area (Å²) in [6.45, 7) is 2.21. The lowest BCUT2D eigenvalue weighted by molar-refractivity contribution is -0.178. The van der Waals surface area contributed by atoms with Gasteiger partial charge in [-0.05, 0) is 12.5 Å². The number of rotatable bonds is 3. The third-order valence-corrected chi connectivity index (χ3v) is 3.74. The van der Waals surface area contributed by atoms with Crippen molar-refractivity contribution in [3.8, 4) is 0 Å². The Hall–Kier alpha value is -1.92. The maximum Gasteiger partial charge on any atom is 0.335 e. The van der Waals surface area contributed by atoms with Crippen LogP contribution in [0.1, 0.15) is 12.5 Å². The zero-order chi connectivity index (χ0) is 14.3.